The zero-order valence-corrected chi connectivity index (χ0v) is 11.9. The first-order valence-corrected chi connectivity index (χ1v) is 7.34. The molecule has 0 saturated carbocycles. The van der Waals surface area contributed by atoms with Gasteiger partial charge in [-0.05, 0) is 45.0 Å². The average molecular weight is 263 g/mol. The fourth-order valence-electron chi connectivity index (χ4n) is 2.54. The summed E-state index contributed by atoms with van der Waals surface area (Å²) in [6, 6.07) is 3.55. The van der Waals surface area contributed by atoms with Gasteiger partial charge in [0.15, 0.2) is 0 Å². The van der Waals surface area contributed by atoms with Gasteiger partial charge in [0.25, 0.3) is 0 Å². The summed E-state index contributed by atoms with van der Waals surface area (Å²) in [7, 11) is 0. The minimum Gasteiger partial charge on any atom is -0.506 e. The van der Waals surface area contributed by atoms with Crippen molar-refractivity contribution in [1.29, 1.82) is 0 Å². The van der Waals surface area contributed by atoms with Crippen molar-refractivity contribution in [2.24, 2.45) is 0 Å². The monoisotopic (exact) mass is 263 g/mol. The van der Waals surface area contributed by atoms with Gasteiger partial charge in [-0.15, -0.1) is 0 Å². The summed E-state index contributed by atoms with van der Waals surface area (Å²) in [4.78, 5) is 6.88. The van der Waals surface area contributed by atoms with Gasteiger partial charge >= 0.3 is 0 Å². The molecule has 0 aliphatic carbocycles. The molecule has 1 aliphatic heterocycles. The van der Waals surface area contributed by atoms with Crippen LogP contribution in [0.25, 0.3) is 0 Å². The van der Waals surface area contributed by atoms with Crippen LogP contribution in [0.1, 0.15) is 37.1 Å². The topological polar surface area (TPSA) is 48.4 Å². The molecule has 19 heavy (non-hydrogen) atoms. The van der Waals surface area contributed by atoms with Crippen LogP contribution in [0.2, 0.25) is 0 Å². The number of pyridine rings is 1. The Bertz CT molecular complexity index is 387. The predicted molar refractivity (Wildman–Crippen MR) is 77.3 cm³/mol. The van der Waals surface area contributed by atoms with Gasteiger partial charge in [0, 0.05) is 25.3 Å². The van der Waals surface area contributed by atoms with E-state index in [9.17, 15) is 5.11 Å². The highest BCUT2D eigenvalue weighted by molar-refractivity contribution is 5.27. The molecule has 1 saturated heterocycles. The van der Waals surface area contributed by atoms with Crippen molar-refractivity contribution in [3.8, 4) is 5.75 Å². The van der Waals surface area contributed by atoms with Gasteiger partial charge in [-0.3, -0.25) is 4.98 Å². The average Bonchev–Trinajstić information content (AvgIpc) is 2.67. The lowest BCUT2D eigenvalue weighted by Crippen LogP contribution is -2.32. The second kappa shape index (κ2) is 7.46. The summed E-state index contributed by atoms with van der Waals surface area (Å²) < 4.78 is 0. The van der Waals surface area contributed by atoms with Crippen LogP contribution < -0.4 is 5.32 Å². The quantitative estimate of drug-likeness (QED) is 0.798. The van der Waals surface area contributed by atoms with E-state index in [0.717, 1.165) is 24.5 Å². The van der Waals surface area contributed by atoms with Crippen molar-refractivity contribution in [2.75, 3.05) is 26.2 Å². The highest BCUT2D eigenvalue weighted by Crippen LogP contribution is 2.14. The first-order chi connectivity index (χ1) is 9.25. The van der Waals surface area contributed by atoms with E-state index in [1.807, 2.05) is 13.0 Å². The van der Waals surface area contributed by atoms with E-state index >= 15 is 0 Å². The van der Waals surface area contributed by atoms with Crippen LogP contribution in [0.15, 0.2) is 12.1 Å². The largest absolute Gasteiger partial charge is 0.506 e. The second-order valence-corrected chi connectivity index (χ2v) is 5.35. The number of aryl methyl sites for hydroxylation is 1. The number of nitrogens with zero attached hydrogens (tertiary/aromatic N) is 2. The maximum absolute atomic E-state index is 9.71. The molecule has 0 radical (unpaired) electrons. The van der Waals surface area contributed by atoms with Crippen molar-refractivity contribution in [3.05, 3.63) is 23.5 Å². The first-order valence-electron chi connectivity index (χ1n) is 7.34. The Balaban J connectivity index is 1.69. The normalized spacial score (nSPS) is 17.3. The molecule has 1 aromatic rings. The molecule has 106 valence electrons. The highest BCUT2D eigenvalue weighted by atomic mass is 16.3. The molecule has 0 amide bonds. The lowest BCUT2D eigenvalue weighted by molar-refractivity contribution is 0.283. The van der Waals surface area contributed by atoms with Gasteiger partial charge in [-0.25, -0.2) is 0 Å². The molecule has 2 rings (SSSR count). The van der Waals surface area contributed by atoms with Crippen molar-refractivity contribution in [1.82, 2.24) is 15.2 Å². The van der Waals surface area contributed by atoms with E-state index < -0.39 is 0 Å². The van der Waals surface area contributed by atoms with Crippen LogP contribution in [0.4, 0.5) is 0 Å². The molecule has 1 aliphatic rings. The van der Waals surface area contributed by atoms with E-state index in [2.05, 4.69) is 15.2 Å². The molecule has 1 aromatic heterocycles. The lowest BCUT2D eigenvalue weighted by Gasteiger charge is -2.19. The minimum atomic E-state index is 0.285. The third kappa shape index (κ3) is 4.80. The molecular weight excluding hydrogens is 238 g/mol. The Kier molecular flexibility index (Phi) is 5.61. The number of likely N-dealkylation sites (tertiary alicyclic amines) is 1. The van der Waals surface area contributed by atoms with Crippen molar-refractivity contribution < 1.29 is 5.11 Å². The molecule has 0 atom stereocenters. The Labute approximate surface area is 115 Å². The summed E-state index contributed by atoms with van der Waals surface area (Å²) in [5.74, 6) is 0.285. The summed E-state index contributed by atoms with van der Waals surface area (Å²) in [5, 5.41) is 13.1. The summed E-state index contributed by atoms with van der Waals surface area (Å²) in [6.45, 7) is 7.09. The molecule has 0 unspecified atom stereocenters. The van der Waals surface area contributed by atoms with Crippen molar-refractivity contribution in [2.45, 2.75) is 39.2 Å². The van der Waals surface area contributed by atoms with Gasteiger partial charge in [0.1, 0.15) is 5.75 Å². The number of hydrogen-bond donors (Lipinski definition) is 2. The van der Waals surface area contributed by atoms with Crippen LogP contribution in [0.5, 0.6) is 5.75 Å². The lowest BCUT2D eigenvalue weighted by atomic mass is 10.2. The number of aromatic hydroxyl groups is 1. The predicted octanol–water partition coefficient (Wildman–Crippen LogP) is 2.06. The molecule has 4 nitrogen and oxygen atoms in total. The van der Waals surface area contributed by atoms with E-state index in [-0.39, 0.29) is 5.75 Å². The molecule has 4 heteroatoms. The summed E-state index contributed by atoms with van der Waals surface area (Å²) >= 11 is 0. The zero-order valence-electron chi connectivity index (χ0n) is 11.9. The van der Waals surface area contributed by atoms with Crippen LogP contribution in [-0.2, 0) is 6.54 Å². The van der Waals surface area contributed by atoms with Crippen LogP contribution in [-0.4, -0.2) is 41.2 Å². The third-order valence-corrected chi connectivity index (χ3v) is 3.69. The maximum atomic E-state index is 9.71. The molecule has 2 heterocycles. The smallest absolute Gasteiger partial charge is 0.138 e. The van der Waals surface area contributed by atoms with E-state index in [1.54, 1.807) is 6.07 Å². The summed E-state index contributed by atoms with van der Waals surface area (Å²) in [6.07, 6.45) is 5.43. The van der Waals surface area contributed by atoms with Crippen molar-refractivity contribution in [3.63, 3.8) is 0 Å². The van der Waals surface area contributed by atoms with E-state index in [4.69, 9.17) is 0 Å². The minimum absolute atomic E-state index is 0.285. The van der Waals surface area contributed by atoms with E-state index in [1.165, 1.54) is 38.8 Å². The number of aromatic nitrogens is 1. The molecule has 2 N–H and O–H groups in total. The Hall–Kier alpha value is -1.13. The maximum Gasteiger partial charge on any atom is 0.138 e. The third-order valence-electron chi connectivity index (χ3n) is 3.69. The number of hydrogen-bond acceptors (Lipinski definition) is 4. The molecular formula is C15H25N3O. The molecule has 0 bridgehead atoms. The van der Waals surface area contributed by atoms with Crippen LogP contribution >= 0.6 is 0 Å². The van der Waals surface area contributed by atoms with Crippen molar-refractivity contribution >= 4 is 0 Å². The molecule has 0 aromatic carbocycles. The zero-order chi connectivity index (χ0) is 13.5. The van der Waals surface area contributed by atoms with Gasteiger partial charge in [-0.1, -0.05) is 12.8 Å². The Morgan fingerprint density at radius 3 is 2.68 bits per heavy atom. The fourth-order valence-corrected chi connectivity index (χ4v) is 2.54. The SMILES string of the molecule is Cc1ccc(O)c(CNCCN2CCCCCC2)n1. The number of rotatable bonds is 5. The number of nitrogens with one attached hydrogen (secondary N) is 1. The second-order valence-electron chi connectivity index (χ2n) is 5.35. The Morgan fingerprint density at radius 1 is 1.21 bits per heavy atom. The highest BCUT2D eigenvalue weighted by Gasteiger charge is 2.08. The van der Waals surface area contributed by atoms with Gasteiger partial charge in [0.05, 0.1) is 5.69 Å². The standard InChI is InChI=1S/C15H25N3O/c1-13-6-7-15(19)14(17-13)12-16-8-11-18-9-4-2-3-5-10-18/h6-7,16,19H,2-5,8-12H2,1H3. The van der Waals surface area contributed by atoms with Gasteiger partial charge < -0.3 is 15.3 Å². The van der Waals surface area contributed by atoms with Gasteiger partial charge in [-0.2, -0.15) is 0 Å². The van der Waals surface area contributed by atoms with Crippen LogP contribution in [0, 0.1) is 6.92 Å². The molecule has 1 fully saturated rings. The summed E-state index contributed by atoms with van der Waals surface area (Å²) in [5.41, 5.74) is 1.69. The van der Waals surface area contributed by atoms with Gasteiger partial charge in [0.2, 0.25) is 0 Å². The fraction of sp³-hybridized carbons (Fsp3) is 0.667. The van der Waals surface area contributed by atoms with Crippen LogP contribution in [0.3, 0.4) is 0 Å². The Morgan fingerprint density at radius 2 is 1.95 bits per heavy atom. The molecule has 0 spiro atoms. The van der Waals surface area contributed by atoms with E-state index in [0.29, 0.717) is 6.54 Å². The first kappa shape index (κ1) is 14.3.